The molecule has 0 heterocycles. The minimum Gasteiger partial charge on any atom is -0.310 e. The van der Waals surface area contributed by atoms with Crippen molar-refractivity contribution in [2.24, 2.45) is 11.3 Å². The fourth-order valence-electron chi connectivity index (χ4n) is 2.22. The molecule has 1 nitrogen and oxygen atoms in total. The van der Waals surface area contributed by atoms with Gasteiger partial charge in [-0.3, -0.25) is 0 Å². The van der Waals surface area contributed by atoms with Crippen LogP contribution in [-0.2, 0) is 0 Å². The summed E-state index contributed by atoms with van der Waals surface area (Å²) in [6.45, 7) is 12.5. The lowest BCUT2D eigenvalue weighted by Gasteiger charge is -2.31. The van der Waals surface area contributed by atoms with Gasteiger partial charge in [-0.25, -0.2) is 0 Å². The molecule has 0 aliphatic carbocycles. The molecule has 2 aromatic carbocycles. The maximum Gasteiger partial charge on any atom is 0.0292 e. The lowest BCUT2D eigenvalue weighted by molar-refractivity contribution is 0.230. The van der Waals surface area contributed by atoms with E-state index in [1.54, 1.807) is 0 Å². The summed E-state index contributed by atoms with van der Waals surface area (Å²) < 4.78 is 0. The quantitative estimate of drug-likeness (QED) is 0.789. The largest absolute Gasteiger partial charge is 0.310 e. The van der Waals surface area contributed by atoms with Crippen LogP contribution in [-0.4, -0.2) is 6.54 Å². The minimum absolute atomic E-state index is 0.325. The highest BCUT2D eigenvalue weighted by Crippen LogP contribution is 2.26. The number of fused-ring (bicyclic) bond motifs is 1. The topological polar surface area (TPSA) is 12.0 Å². The molecule has 0 saturated heterocycles. The van der Waals surface area contributed by atoms with Gasteiger partial charge in [0.25, 0.3) is 0 Å². The SMILES string of the molecule is CC(NCC(C)(C)C(C)C)c1ccc2ccccc2c1. The van der Waals surface area contributed by atoms with Crippen LogP contribution in [0.15, 0.2) is 42.5 Å². The predicted octanol–water partition coefficient (Wildman–Crippen LogP) is 5.17. The summed E-state index contributed by atoms with van der Waals surface area (Å²) in [5, 5.41) is 6.32. The van der Waals surface area contributed by atoms with Crippen LogP contribution in [0.1, 0.15) is 46.2 Å². The first-order valence-electron chi connectivity index (χ1n) is 7.62. The van der Waals surface area contributed by atoms with Crippen molar-refractivity contribution in [3.05, 3.63) is 48.0 Å². The van der Waals surface area contributed by atoms with Crippen molar-refractivity contribution < 1.29 is 0 Å². The number of benzene rings is 2. The molecule has 2 rings (SSSR count). The molecule has 0 amide bonds. The molecule has 20 heavy (non-hydrogen) atoms. The van der Waals surface area contributed by atoms with Crippen molar-refractivity contribution in [1.82, 2.24) is 5.32 Å². The maximum atomic E-state index is 3.69. The molecular weight excluding hydrogens is 242 g/mol. The van der Waals surface area contributed by atoms with E-state index < -0.39 is 0 Å². The van der Waals surface area contributed by atoms with Crippen LogP contribution in [0.25, 0.3) is 10.8 Å². The molecule has 1 N–H and O–H groups in total. The molecule has 0 bridgehead atoms. The second kappa shape index (κ2) is 5.97. The molecule has 108 valence electrons. The normalized spacial score (nSPS) is 13.9. The Morgan fingerprint density at radius 3 is 2.25 bits per heavy atom. The van der Waals surface area contributed by atoms with E-state index in [-0.39, 0.29) is 0 Å². The van der Waals surface area contributed by atoms with Gasteiger partial charge in [0.2, 0.25) is 0 Å². The van der Waals surface area contributed by atoms with Gasteiger partial charge in [0, 0.05) is 12.6 Å². The molecule has 0 aliphatic rings. The zero-order chi connectivity index (χ0) is 14.8. The fraction of sp³-hybridized carbons (Fsp3) is 0.474. The van der Waals surface area contributed by atoms with Gasteiger partial charge in [-0.1, -0.05) is 64.1 Å². The van der Waals surface area contributed by atoms with E-state index in [0.717, 1.165) is 6.54 Å². The van der Waals surface area contributed by atoms with Gasteiger partial charge < -0.3 is 5.32 Å². The van der Waals surface area contributed by atoms with Crippen molar-refractivity contribution >= 4 is 10.8 Å². The fourth-order valence-corrected chi connectivity index (χ4v) is 2.22. The van der Waals surface area contributed by atoms with E-state index in [1.807, 2.05) is 0 Å². The van der Waals surface area contributed by atoms with E-state index in [9.17, 15) is 0 Å². The van der Waals surface area contributed by atoms with Crippen LogP contribution in [0.2, 0.25) is 0 Å². The monoisotopic (exact) mass is 269 g/mol. The summed E-state index contributed by atoms with van der Waals surface area (Å²) >= 11 is 0. The minimum atomic E-state index is 0.325. The van der Waals surface area contributed by atoms with Crippen molar-refractivity contribution in [2.75, 3.05) is 6.54 Å². The summed E-state index contributed by atoms with van der Waals surface area (Å²) in [5.74, 6) is 0.679. The first-order chi connectivity index (χ1) is 9.40. The van der Waals surface area contributed by atoms with Crippen molar-refractivity contribution in [1.29, 1.82) is 0 Å². The Kier molecular flexibility index (Phi) is 4.49. The number of nitrogens with one attached hydrogen (secondary N) is 1. The Morgan fingerprint density at radius 1 is 0.950 bits per heavy atom. The van der Waals surface area contributed by atoms with Crippen LogP contribution >= 0.6 is 0 Å². The van der Waals surface area contributed by atoms with Crippen molar-refractivity contribution in [3.63, 3.8) is 0 Å². The smallest absolute Gasteiger partial charge is 0.0292 e. The highest BCUT2D eigenvalue weighted by atomic mass is 14.9. The molecule has 0 aliphatic heterocycles. The second-order valence-electron chi connectivity index (χ2n) is 6.85. The molecule has 0 spiro atoms. The average Bonchev–Trinajstić information content (AvgIpc) is 2.44. The summed E-state index contributed by atoms with van der Waals surface area (Å²) in [5.41, 5.74) is 1.69. The standard InChI is InChI=1S/C19H27N/c1-14(2)19(4,5)13-20-15(3)17-11-10-16-8-6-7-9-18(16)12-17/h6-12,14-15,20H,13H2,1-5H3. The Bertz CT molecular complexity index is 569. The van der Waals surface area contributed by atoms with E-state index in [0.29, 0.717) is 17.4 Å². The van der Waals surface area contributed by atoms with E-state index in [4.69, 9.17) is 0 Å². The van der Waals surface area contributed by atoms with Gasteiger partial charge in [0.05, 0.1) is 0 Å². The number of hydrogen-bond donors (Lipinski definition) is 1. The zero-order valence-electron chi connectivity index (χ0n) is 13.4. The zero-order valence-corrected chi connectivity index (χ0v) is 13.4. The molecule has 1 heteroatoms. The second-order valence-corrected chi connectivity index (χ2v) is 6.85. The van der Waals surface area contributed by atoms with Crippen molar-refractivity contribution in [3.8, 4) is 0 Å². The third kappa shape index (κ3) is 3.40. The Balaban J connectivity index is 2.09. The molecule has 1 unspecified atom stereocenters. The van der Waals surface area contributed by atoms with Gasteiger partial charge in [-0.15, -0.1) is 0 Å². The van der Waals surface area contributed by atoms with Crippen LogP contribution in [0.5, 0.6) is 0 Å². The van der Waals surface area contributed by atoms with E-state index in [2.05, 4.69) is 82.4 Å². The van der Waals surface area contributed by atoms with Gasteiger partial charge in [0.15, 0.2) is 0 Å². The highest BCUT2D eigenvalue weighted by molar-refractivity contribution is 5.83. The third-order valence-corrected chi connectivity index (χ3v) is 4.70. The Morgan fingerprint density at radius 2 is 1.60 bits per heavy atom. The van der Waals surface area contributed by atoms with Crippen LogP contribution in [0, 0.1) is 11.3 Å². The first kappa shape index (κ1) is 15.1. The summed E-state index contributed by atoms with van der Waals surface area (Å²) in [7, 11) is 0. The van der Waals surface area contributed by atoms with Crippen LogP contribution in [0.3, 0.4) is 0 Å². The molecular formula is C19H27N. The summed E-state index contributed by atoms with van der Waals surface area (Å²) in [6, 6.07) is 15.7. The Labute approximate surface area is 123 Å². The maximum absolute atomic E-state index is 3.69. The van der Waals surface area contributed by atoms with Gasteiger partial charge in [-0.05, 0) is 40.7 Å². The molecule has 2 aromatic rings. The van der Waals surface area contributed by atoms with Gasteiger partial charge >= 0.3 is 0 Å². The number of rotatable bonds is 5. The lowest BCUT2D eigenvalue weighted by atomic mass is 9.81. The number of hydrogen-bond acceptors (Lipinski definition) is 1. The van der Waals surface area contributed by atoms with Crippen LogP contribution < -0.4 is 5.32 Å². The van der Waals surface area contributed by atoms with Gasteiger partial charge in [0.1, 0.15) is 0 Å². The third-order valence-electron chi connectivity index (χ3n) is 4.70. The highest BCUT2D eigenvalue weighted by Gasteiger charge is 2.22. The molecule has 0 saturated carbocycles. The average molecular weight is 269 g/mol. The lowest BCUT2D eigenvalue weighted by Crippen LogP contribution is -2.34. The first-order valence-corrected chi connectivity index (χ1v) is 7.62. The van der Waals surface area contributed by atoms with E-state index in [1.165, 1.54) is 16.3 Å². The molecule has 0 radical (unpaired) electrons. The van der Waals surface area contributed by atoms with Crippen molar-refractivity contribution in [2.45, 2.75) is 40.7 Å². The predicted molar refractivity (Wildman–Crippen MR) is 89.0 cm³/mol. The van der Waals surface area contributed by atoms with Crippen LogP contribution in [0.4, 0.5) is 0 Å². The summed E-state index contributed by atoms with van der Waals surface area (Å²) in [6.07, 6.45) is 0. The molecule has 0 fully saturated rings. The molecule has 0 aromatic heterocycles. The molecule has 1 atom stereocenters. The Hall–Kier alpha value is -1.34. The van der Waals surface area contributed by atoms with E-state index >= 15 is 0 Å². The van der Waals surface area contributed by atoms with Gasteiger partial charge in [-0.2, -0.15) is 0 Å². The summed E-state index contributed by atoms with van der Waals surface area (Å²) in [4.78, 5) is 0.